The van der Waals surface area contributed by atoms with Gasteiger partial charge in [-0.25, -0.2) is 17.7 Å². The summed E-state index contributed by atoms with van der Waals surface area (Å²) in [4.78, 5) is 20.0. The number of sulfonamides is 1. The Morgan fingerprint density at radius 3 is 2.75 bits per heavy atom. The number of hydrogen-bond acceptors (Lipinski definition) is 5. The van der Waals surface area contributed by atoms with Crippen LogP contribution < -0.4 is 5.32 Å². The molecule has 1 unspecified atom stereocenters. The second-order valence-electron chi connectivity index (χ2n) is 4.98. The predicted molar refractivity (Wildman–Crippen MR) is 73.7 cm³/mol. The Hall–Kier alpha value is -1.54. The van der Waals surface area contributed by atoms with Crippen LogP contribution in [0.1, 0.15) is 29.0 Å². The summed E-state index contributed by atoms with van der Waals surface area (Å²) in [6.45, 7) is 2.61. The standard InChI is InChI=1S/C12H18N4O3S/c1-9-6-14-11(7-13-9)12(17)15-10-4-3-5-16(8-10)20(2,18)19/h6-7,10H,3-5,8H2,1-2H3,(H,15,17). The van der Waals surface area contributed by atoms with E-state index in [0.29, 0.717) is 13.1 Å². The fourth-order valence-corrected chi connectivity index (χ4v) is 3.04. The average Bonchev–Trinajstić information content (AvgIpc) is 2.38. The molecule has 0 aromatic carbocycles. The summed E-state index contributed by atoms with van der Waals surface area (Å²) < 4.78 is 24.4. The van der Waals surface area contributed by atoms with Crippen LogP contribution in [0.4, 0.5) is 0 Å². The SMILES string of the molecule is Cc1cnc(C(=O)NC2CCCN(S(C)(=O)=O)C2)cn1. The topological polar surface area (TPSA) is 92.3 Å². The molecule has 2 heterocycles. The van der Waals surface area contributed by atoms with Gasteiger partial charge in [0, 0.05) is 25.3 Å². The average molecular weight is 298 g/mol. The number of nitrogens with one attached hydrogen (secondary N) is 1. The van der Waals surface area contributed by atoms with Crippen molar-refractivity contribution < 1.29 is 13.2 Å². The van der Waals surface area contributed by atoms with E-state index in [9.17, 15) is 13.2 Å². The van der Waals surface area contributed by atoms with Gasteiger partial charge in [-0.15, -0.1) is 0 Å². The molecule has 0 spiro atoms. The van der Waals surface area contributed by atoms with Crippen molar-refractivity contribution in [3.05, 3.63) is 23.8 Å². The van der Waals surface area contributed by atoms with Gasteiger partial charge < -0.3 is 5.32 Å². The Morgan fingerprint density at radius 1 is 1.40 bits per heavy atom. The maximum Gasteiger partial charge on any atom is 0.271 e. The van der Waals surface area contributed by atoms with Gasteiger partial charge in [-0.2, -0.15) is 0 Å². The van der Waals surface area contributed by atoms with Crippen LogP contribution in [0, 0.1) is 6.92 Å². The molecule has 1 aliphatic heterocycles. The first-order valence-electron chi connectivity index (χ1n) is 6.41. The molecule has 20 heavy (non-hydrogen) atoms. The van der Waals surface area contributed by atoms with Crippen molar-refractivity contribution in [2.24, 2.45) is 0 Å². The van der Waals surface area contributed by atoms with Gasteiger partial charge in [-0.3, -0.25) is 9.78 Å². The number of piperidine rings is 1. The van der Waals surface area contributed by atoms with E-state index < -0.39 is 10.0 Å². The largest absolute Gasteiger partial charge is 0.347 e. The van der Waals surface area contributed by atoms with Gasteiger partial charge in [0.25, 0.3) is 5.91 Å². The Bertz CT molecular complexity index is 585. The van der Waals surface area contributed by atoms with Crippen LogP contribution in [0.3, 0.4) is 0 Å². The van der Waals surface area contributed by atoms with Gasteiger partial charge in [-0.1, -0.05) is 0 Å². The first-order chi connectivity index (χ1) is 9.36. The minimum absolute atomic E-state index is 0.186. The van der Waals surface area contributed by atoms with Crippen molar-refractivity contribution in [1.82, 2.24) is 19.6 Å². The monoisotopic (exact) mass is 298 g/mol. The lowest BCUT2D eigenvalue weighted by Crippen LogP contribution is -2.49. The lowest BCUT2D eigenvalue weighted by molar-refractivity contribution is 0.0916. The van der Waals surface area contributed by atoms with Crippen molar-refractivity contribution in [3.63, 3.8) is 0 Å². The molecule has 1 aromatic heterocycles. The third-order valence-corrected chi connectivity index (χ3v) is 4.47. The number of rotatable bonds is 3. The van der Waals surface area contributed by atoms with E-state index in [1.54, 1.807) is 6.92 Å². The zero-order chi connectivity index (χ0) is 14.8. The maximum absolute atomic E-state index is 12.0. The molecule has 0 radical (unpaired) electrons. The molecular weight excluding hydrogens is 280 g/mol. The van der Waals surface area contributed by atoms with E-state index in [0.717, 1.165) is 18.5 Å². The molecule has 1 aliphatic rings. The minimum atomic E-state index is -3.21. The van der Waals surface area contributed by atoms with Gasteiger partial charge in [0.05, 0.1) is 18.1 Å². The van der Waals surface area contributed by atoms with Crippen molar-refractivity contribution >= 4 is 15.9 Å². The Labute approximate surface area is 118 Å². The summed E-state index contributed by atoms with van der Waals surface area (Å²) in [7, 11) is -3.21. The number of carbonyl (C=O) groups excluding carboxylic acids is 1. The highest BCUT2D eigenvalue weighted by Crippen LogP contribution is 2.13. The highest BCUT2D eigenvalue weighted by atomic mass is 32.2. The molecule has 110 valence electrons. The first kappa shape index (κ1) is 14.9. The second-order valence-corrected chi connectivity index (χ2v) is 6.96. The van der Waals surface area contributed by atoms with Crippen LogP contribution in [0.5, 0.6) is 0 Å². The zero-order valence-electron chi connectivity index (χ0n) is 11.5. The number of aryl methyl sites for hydroxylation is 1. The van der Waals surface area contributed by atoms with Crippen LogP contribution >= 0.6 is 0 Å². The van der Waals surface area contributed by atoms with Crippen LogP contribution in [-0.2, 0) is 10.0 Å². The lowest BCUT2D eigenvalue weighted by atomic mass is 10.1. The second kappa shape index (κ2) is 5.84. The summed E-state index contributed by atoms with van der Waals surface area (Å²) in [6.07, 6.45) is 5.62. The summed E-state index contributed by atoms with van der Waals surface area (Å²) in [5, 5.41) is 2.81. The van der Waals surface area contributed by atoms with Gasteiger partial charge >= 0.3 is 0 Å². The lowest BCUT2D eigenvalue weighted by Gasteiger charge is -2.31. The van der Waals surface area contributed by atoms with Crippen molar-refractivity contribution in [3.8, 4) is 0 Å². The van der Waals surface area contributed by atoms with E-state index in [-0.39, 0.29) is 17.6 Å². The van der Waals surface area contributed by atoms with Crippen LogP contribution in [-0.4, -0.2) is 54.0 Å². The maximum atomic E-state index is 12.0. The number of nitrogens with zero attached hydrogens (tertiary/aromatic N) is 3. The minimum Gasteiger partial charge on any atom is -0.347 e. The summed E-state index contributed by atoms with van der Waals surface area (Å²) >= 11 is 0. The van der Waals surface area contributed by atoms with Crippen LogP contribution in [0.25, 0.3) is 0 Å². The number of aromatic nitrogens is 2. The molecule has 1 saturated heterocycles. The van der Waals surface area contributed by atoms with Crippen molar-refractivity contribution in [2.75, 3.05) is 19.3 Å². The quantitative estimate of drug-likeness (QED) is 0.844. The Balaban J connectivity index is 1.99. The molecule has 0 aliphatic carbocycles. The molecule has 1 amide bonds. The van der Waals surface area contributed by atoms with Crippen LogP contribution in [0.2, 0.25) is 0 Å². The fraction of sp³-hybridized carbons (Fsp3) is 0.583. The molecule has 1 N–H and O–H groups in total. The number of amides is 1. The molecular formula is C12H18N4O3S. The van der Waals surface area contributed by atoms with E-state index in [4.69, 9.17) is 0 Å². The predicted octanol–water partition coefficient (Wildman–Crippen LogP) is -0.0612. The van der Waals surface area contributed by atoms with Gasteiger partial charge in [0.15, 0.2) is 0 Å². The third kappa shape index (κ3) is 3.73. The molecule has 7 nitrogen and oxygen atoms in total. The van der Waals surface area contributed by atoms with Gasteiger partial charge in [-0.05, 0) is 19.8 Å². The van der Waals surface area contributed by atoms with E-state index in [2.05, 4.69) is 15.3 Å². The first-order valence-corrected chi connectivity index (χ1v) is 8.26. The molecule has 1 fully saturated rings. The molecule has 8 heteroatoms. The molecule has 1 aromatic rings. The molecule has 2 rings (SSSR count). The third-order valence-electron chi connectivity index (χ3n) is 3.20. The van der Waals surface area contributed by atoms with E-state index >= 15 is 0 Å². The van der Waals surface area contributed by atoms with Crippen LogP contribution in [0.15, 0.2) is 12.4 Å². The molecule has 0 saturated carbocycles. The highest BCUT2D eigenvalue weighted by molar-refractivity contribution is 7.88. The number of carbonyl (C=O) groups is 1. The van der Waals surface area contributed by atoms with Crippen molar-refractivity contribution in [1.29, 1.82) is 0 Å². The highest BCUT2D eigenvalue weighted by Gasteiger charge is 2.27. The van der Waals surface area contributed by atoms with Crippen molar-refractivity contribution in [2.45, 2.75) is 25.8 Å². The molecule has 0 bridgehead atoms. The summed E-state index contributed by atoms with van der Waals surface area (Å²) in [6, 6.07) is -0.186. The Kier molecular flexibility index (Phi) is 4.34. The zero-order valence-corrected chi connectivity index (χ0v) is 12.4. The van der Waals surface area contributed by atoms with E-state index in [1.807, 2.05) is 0 Å². The normalized spacial score (nSPS) is 20.6. The number of hydrogen-bond donors (Lipinski definition) is 1. The Morgan fingerprint density at radius 2 is 2.15 bits per heavy atom. The van der Waals surface area contributed by atoms with Gasteiger partial charge in [0.1, 0.15) is 5.69 Å². The fourth-order valence-electron chi connectivity index (χ4n) is 2.13. The smallest absolute Gasteiger partial charge is 0.271 e. The van der Waals surface area contributed by atoms with E-state index in [1.165, 1.54) is 23.0 Å². The summed E-state index contributed by atoms with van der Waals surface area (Å²) in [5.41, 5.74) is 0.981. The molecule has 1 atom stereocenters. The summed E-state index contributed by atoms with van der Waals surface area (Å²) in [5.74, 6) is -0.321. The van der Waals surface area contributed by atoms with Gasteiger partial charge in [0.2, 0.25) is 10.0 Å².